The number of guanidine groups is 1. The van der Waals surface area contributed by atoms with Gasteiger partial charge in [0.25, 0.3) is 0 Å². The second kappa shape index (κ2) is 13.1. The van der Waals surface area contributed by atoms with E-state index in [2.05, 4.69) is 10.3 Å². The third-order valence-electron chi connectivity index (χ3n) is 4.14. The molecule has 0 fully saturated rings. The van der Waals surface area contributed by atoms with Crippen molar-refractivity contribution in [1.82, 2.24) is 10.2 Å². The molecule has 0 spiro atoms. The second-order valence-electron chi connectivity index (χ2n) is 6.60. The van der Waals surface area contributed by atoms with E-state index >= 15 is 0 Å². The highest BCUT2D eigenvalue weighted by Crippen LogP contribution is 2.18. The van der Waals surface area contributed by atoms with E-state index in [0.29, 0.717) is 25.7 Å². The Labute approximate surface area is 200 Å². The zero-order valence-corrected chi connectivity index (χ0v) is 21.4. The third kappa shape index (κ3) is 8.40. The van der Waals surface area contributed by atoms with Gasteiger partial charge in [-0.05, 0) is 36.9 Å². The number of halogens is 1. The quantitative estimate of drug-likeness (QED) is 0.261. The number of nitrogens with zero attached hydrogens (tertiary/aromatic N) is 2. The topological polar surface area (TPSA) is 91.2 Å². The van der Waals surface area contributed by atoms with Gasteiger partial charge in [-0.2, -0.15) is 0 Å². The zero-order chi connectivity index (χ0) is 21.3. The van der Waals surface area contributed by atoms with Crippen molar-refractivity contribution in [2.45, 2.75) is 24.2 Å². The summed E-state index contributed by atoms with van der Waals surface area (Å²) in [6, 6.07) is 11.0. The molecular formula is C20H30IN3O4S2. The highest BCUT2D eigenvalue weighted by molar-refractivity contribution is 14.0. The monoisotopic (exact) mass is 567 g/mol. The average molecular weight is 568 g/mol. The summed E-state index contributed by atoms with van der Waals surface area (Å²) in [6.07, 6.45) is -1.08. The van der Waals surface area contributed by atoms with Gasteiger partial charge in [-0.25, -0.2) is 8.42 Å². The molecule has 2 aromatic rings. The molecule has 1 atom stereocenters. The molecule has 1 heterocycles. The van der Waals surface area contributed by atoms with Gasteiger partial charge in [0.2, 0.25) is 0 Å². The summed E-state index contributed by atoms with van der Waals surface area (Å²) in [7, 11) is -1.63. The lowest BCUT2D eigenvalue weighted by Crippen LogP contribution is -2.41. The van der Waals surface area contributed by atoms with Crippen LogP contribution in [0.4, 0.5) is 0 Å². The number of aliphatic imine (C=N–C) groups is 1. The van der Waals surface area contributed by atoms with Crippen LogP contribution in [0.2, 0.25) is 0 Å². The lowest BCUT2D eigenvalue weighted by Gasteiger charge is -2.22. The van der Waals surface area contributed by atoms with Crippen LogP contribution >= 0.6 is 35.3 Å². The second-order valence-corrected chi connectivity index (χ2v) is 9.81. The number of aliphatic hydroxyl groups is 1. The number of thiophene rings is 1. The summed E-state index contributed by atoms with van der Waals surface area (Å²) in [5, 5.41) is 15.0. The molecule has 1 aromatic heterocycles. The number of ether oxygens (including phenoxy) is 1. The van der Waals surface area contributed by atoms with Gasteiger partial charge in [0.05, 0.1) is 24.9 Å². The van der Waals surface area contributed by atoms with Crippen LogP contribution in [0.15, 0.2) is 51.0 Å². The number of hydrogen-bond acceptors (Lipinski definition) is 6. The Morgan fingerprint density at radius 2 is 2.03 bits per heavy atom. The Hall–Kier alpha value is -1.37. The van der Waals surface area contributed by atoms with Crippen molar-refractivity contribution < 1.29 is 18.3 Å². The van der Waals surface area contributed by atoms with Crippen molar-refractivity contribution in [3.8, 4) is 5.75 Å². The van der Waals surface area contributed by atoms with Crippen LogP contribution in [0.1, 0.15) is 12.5 Å². The van der Waals surface area contributed by atoms with Crippen molar-refractivity contribution in [2.24, 2.45) is 4.99 Å². The van der Waals surface area contributed by atoms with E-state index in [-0.39, 0.29) is 40.5 Å². The summed E-state index contributed by atoms with van der Waals surface area (Å²) in [4.78, 5) is 6.28. The minimum Gasteiger partial charge on any atom is -0.491 e. The molecule has 0 aliphatic rings. The molecule has 10 heteroatoms. The van der Waals surface area contributed by atoms with Gasteiger partial charge >= 0.3 is 0 Å². The predicted molar refractivity (Wildman–Crippen MR) is 133 cm³/mol. The molecule has 30 heavy (non-hydrogen) atoms. The first-order valence-corrected chi connectivity index (χ1v) is 12.0. The number of aryl methyl sites for hydroxylation is 1. The number of nitrogens with one attached hydrogen (secondary N) is 1. The third-order valence-corrected chi connectivity index (χ3v) is 7.42. The molecular weight excluding hydrogens is 537 g/mol. The van der Waals surface area contributed by atoms with Crippen molar-refractivity contribution in [1.29, 1.82) is 0 Å². The number of para-hydroxylation sites is 1. The fourth-order valence-electron chi connectivity index (χ4n) is 2.61. The van der Waals surface area contributed by atoms with Gasteiger partial charge < -0.3 is 20.1 Å². The van der Waals surface area contributed by atoms with Crippen molar-refractivity contribution in [2.75, 3.05) is 39.0 Å². The number of hydrogen-bond donors (Lipinski definition) is 2. The number of rotatable bonds is 10. The van der Waals surface area contributed by atoms with E-state index in [1.165, 1.54) is 0 Å². The van der Waals surface area contributed by atoms with Crippen LogP contribution in [0.25, 0.3) is 0 Å². The number of aliphatic hydroxyl groups excluding tert-OH is 1. The summed E-state index contributed by atoms with van der Waals surface area (Å²) in [5.41, 5.74) is 1.07. The van der Waals surface area contributed by atoms with Gasteiger partial charge in [0.1, 0.15) is 16.6 Å². The fraction of sp³-hybridized carbons (Fsp3) is 0.450. The Balaban J connectivity index is 0.00000450. The van der Waals surface area contributed by atoms with E-state index < -0.39 is 15.9 Å². The lowest BCUT2D eigenvalue weighted by atomic mass is 10.2. The largest absolute Gasteiger partial charge is 0.491 e. The first-order chi connectivity index (χ1) is 13.8. The van der Waals surface area contributed by atoms with Crippen LogP contribution in [0, 0.1) is 6.92 Å². The maximum atomic E-state index is 12.3. The Morgan fingerprint density at radius 1 is 1.30 bits per heavy atom. The number of sulfone groups is 1. The van der Waals surface area contributed by atoms with Gasteiger partial charge in [0.15, 0.2) is 15.8 Å². The summed E-state index contributed by atoms with van der Waals surface area (Å²) >= 11 is 1.15. The molecule has 7 nitrogen and oxygen atoms in total. The molecule has 2 rings (SSSR count). The molecule has 1 unspecified atom stereocenters. The zero-order valence-electron chi connectivity index (χ0n) is 17.4. The van der Waals surface area contributed by atoms with Crippen LogP contribution in [-0.2, 0) is 9.84 Å². The van der Waals surface area contributed by atoms with Crippen LogP contribution in [0.3, 0.4) is 0 Å². The Bertz CT molecular complexity index is 889. The molecule has 0 amide bonds. The number of likely N-dealkylation sites (N-methyl/N-ethyl adjacent to an activating group) is 1. The molecule has 0 radical (unpaired) electrons. The van der Waals surface area contributed by atoms with Crippen molar-refractivity contribution >= 4 is 51.1 Å². The van der Waals surface area contributed by atoms with Crippen molar-refractivity contribution in [3.63, 3.8) is 0 Å². The molecule has 168 valence electrons. The van der Waals surface area contributed by atoms with Gasteiger partial charge in [-0.15, -0.1) is 35.3 Å². The molecule has 0 aliphatic carbocycles. The van der Waals surface area contributed by atoms with Crippen LogP contribution in [-0.4, -0.2) is 69.5 Å². The molecule has 0 aliphatic heterocycles. The first-order valence-electron chi connectivity index (χ1n) is 9.45. The maximum Gasteiger partial charge on any atom is 0.193 e. The molecule has 2 N–H and O–H groups in total. The van der Waals surface area contributed by atoms with Crippen LogP contribution < -0.4 is 10.1 Å². The van der Waals surface area contributed by atoms with E-state index in [9.17, 15) is 13.5 Å². The summed E-state index contributed by atoms with van der Waals surface area (Å²) < 4.78 is 30.6. The standard InChI is InChI=1S/C20H29N3O4S2.HI/c1-4-21-20(23(3)11-12-27-18-9-6-5-8-16(18)2)22-14-17(24)15-29(25,26)19-10-7-13-28-19;/h5-10,13,17,24H,4,11-12,14-15H2,1-3H3,(H,21,22);1H. The van der Waals surface area contributed by atoms with Gasteiger partial charge in [-0.1, -0.05) is 24.3 Å². The van der Waals surface area contributed by atoms with Crippen LogP contribution in [0.5, 0.6) is 5.75 Å². The molecule has 0 saturated heterocycles. The lowest BCUT2D eigenvalue weighted by molar-refractivity contribution is 0.205. The Morgan fingerprint density at radius 3 is 2.67 bits per heavy atom. The summed E-state index contributed by atoms with van der Waals surface area (Å²) in [6.45, 7) is 5.66. The minimum absolute atomic E-state index is 0. The highest BCUT2D eigenvalue weighted by Gasteiger charge is 2.21. The predicted octanol–water partition coefficient (Wildman–Crippen LogP) is 2.79. The summed E-state index contributed by atoms with van der Waals surface area (Å²) in [5.74, 6) is 1.08. The maximum absolute atomic E-state index is 12.3. The number of benzene rings is 1. The molecule has 0 bridgehead atoms. The van der Waals surface area contributed by atoms with E-state index in [4.69, 9.17) is 4.74 Å². The smallest absolute Gasteiger partial charge is 0.193 e. The van der Waals surface area contributed by atoms with Crippen molar-refractivity contribution in [3.05, 3.63) is 47.3 Å². The molecule has 1 aromatic carbocycles. The Kier molecular flexibility index (Phi) is 11.7. The normalized spacial score (nSPS) is 12.7. The van der Waals surface area contributed by atoms with E-state index in [1.54, 1.807) is 17.5 Å². The first kappa shape index (κ1) is 26.7. The SMILES string of the molecule is CCNC(=NCC(O)CS(=O)(=O)c1cccs1)N(C)CCOc1ccccc1C.I. The van der Waals surface area contributed by atoms with E-state index in [0.717, 1.165) is 22.6 Å². The fourth-order valence-corrected chi connectivity index (χ4v) is 5.07. The average Bonchev–Trinajstić information content (AvgIpc) is 3.22. The van der Waals surface area contributed by atoms with Gasteiger partial charge in [0, 0.05) is 13.6 Å². The highest BCUT2D eigenvalue weighted by atomic mass is 127. The minimum atomic E-state index is -3.50. The molecule has 0 saturated carbocycles. The van der Waals surface area contributed by atoms with Gasteiger partial charge in [-0.3, -0.25) is 4.99 Å². The van der Waals surface area contributed by atoms with E-state index in [1.807, 2.05) is 50.1 Å².